The van der Waals surface area contributed by atoms with E-state index >= 15 is 0 Å². The molecule has 2 N–H and O–H groups in total. The van der Waals surface area contributed by atoms with Gasteiger partial charge in [0.05, 0.1) is 20.3 Å². The number of methoxy groups -OCH3 is 2. The third-order valence-electron chi connectivity index (χ3n) is 6.47. The van der Waals surface area contributed by atoms with E-state index in [-0.39, 0.29) is 24.0 Å². The first-order valence-corrected chi connectivity index (χ1v) is 11.9. The molecule has 1 fully saturated rings. The van der Waals surface area contributed by atoms with Crippen LogP contribution >= 0.6 is 0 Å². The number of hydrogen-bond donors (Lipinski definition) is 2. The maximum Gasteiger partial charge on any atom is 0.237 e. The van der Waals surface area contributed by atoms with Crippen LogP contribution in [0.2, 0.25) is 0 Å². The van der Waals surface area contributed by atoms with Crippen LogP contribution in [0.3, 0.4) is 0 Å². The summed E-state index contributed by atoms with van der Waals surface area (Å²) < 4.78 is 10.9. The zero-order valence-electron chi connectivity index (χ0n) is 20.5. The lowest BCUT2D eigenvalue weighted by Crippen LogP contribution is -2.45. The van der Waals surface area contributed by atoms with E-state index in [2.05, 4.69) is 58.0 Å². The van der Waals surface area contributed by atoms with Gasteiger partial charge in [-0.1, -0.05) is 48.5 Å². The molecular formula is C28H35N3O3. The van der Waals surface area contributed by atoms with E-state index in [0.717, 1.165) is 36.6 Å². The first kappa shape index (κ1) is 24.0. The standard InChI is InChI=1S/C28H35N3O3/c1-19(2)30-28(32)26-14-23(29-16-21-12-13-24(33-3)15-27(21)34-4)18-31(26)17-22-10-7-9-20-8-5-6-11-25(20)22/h5-13,15,19,23,26,29H,14,16-18H2,1-4H3,(H,30,32)/t23-,26-/m0/s1. The van der Waals surface area contributed by atoms with Crippen molar-refractivity contribution in [3.05, 3.63) is 71.8 Å². The largest absolute Gasteiger partial charge is 0.497 e. The second-order valence-corrected chi connectivity index (χ2v) is 9.24. The summed E-state index contributed by atoms with van der Waals surface area (Å²) in [5.41, 5.74) is 2.32. The number of ether oxygens (including phenoxy) is 2. The Morgan fingerprint density at radius 3 is 2.59 bits per heavy atom. The number of carbonyl (C=O) groups excluding carboxylic acids is 1. The Balaban J connectivity index is 1.50. The molecule has 4 rings (SSSR count). The molecule has 3 aromatic carbocycles. The monoisotopic (exact) mass is 461 g/mol. The number of rotatable bonds is 9. The van der Waals surface area contributed by atoms with Crippen LogP contribution < -0.4 is 20.1 Å². The van der Waals surface area contributed by atoms with E-state index in [1.807, 2.05) is 32.0 Å². The van der Waals surface area contributed by atoms with Gasteiger partial charge in [-0.2, -0.15) is 0 Å². The molecule has 0 unspecified atom stereocenters. The van der Waals surface area contributed by atoms with E-state index in [4.69, 9.17) is 9.47 Å². The number of fused-ring (bicyclic) bond motifs is 1. The van der Waals surface area contributed by atoms with Crippen LogP contribution in [0.5, 0.6) is 11.5 Å². The lowest BCUT2D eigenvalue weighted by molar-refractivity contribution is -0.126. The molecule has 2 atom stereocenters. The number of likely N-dealkylation sites (tertiary alicyclic amines) is 1. The lowest BCUT2D eigenvalue weighted by atomic mass is 10.0. The minimum Gasteiger partial charge on any atom is -0.497 e. The van der Waals surface area contributed by atoms with Crippen molar-refractivity contribution in [1.82, 2.24) is 15.5 Å². The van der Waals surface area contributed by atoms with Crippen LogP contribution in [0, 0.1) is 0 Å². The van der Waals surface area contributed by atoms with Gasteiger partial charge in [0.25, 0.3) is 0 Å². The van der Waals surface area contributed by atoms with Crippen molar-refractivity contribution in [3.63, 3.8) is 0 Å². The Hall–Kier alpha value is -3.09. The van der Waals surface area contributed by atoms with Crippen molar-refractivity contribution in [3.8, 4) is 11.5 Å². The highest BCUT2D eigenvalue weighted by Gasteiger charge is 2.37. The Morgan fingerprint density at radius 1 is 1.03 bits per heavy atom. The topological polar surface area (TPSA) is 62.8 Å². The summed E-state index contributed by atoms with van der Waals surface area (Å²) >= 11 is 0. The molecule has 0 aromatic heterocycles. The van der Waals surface area contributed by atoms with Crippen LogP contribution in [0.15, 0.2) is 60.7 Å². The van der Waals surface area contributed by atoms with Gasteiger partial charge >= 0.3 is 0 Å². The maximum atomic E-state index is 13.1. The van der Waals surface area contributed by atoms with Gasteiger partial charge in [-0.15, -0.1) is 0 Å². The predicted molar refractivity (Wildman–Crippen MR) is 136 cm³/mol. The van der Waals surface area contributed by atoms with Crippen molar-refractivity contribution in [2.45, 2.75) is 51.5 Å². The molecule has 34 heavy (non-hydrogen) atoms. The van der Waals surface area contributed by atoms with Gasteiger partial charge in [0.15, 0.2) is 0 Å². The molecule has 180 valence electrons. The molecule has 1 aliphatic rings. The molecule has 1 amide bonds. The van der Waals surface area contributed by atoms with Crippen LogP contribution in [0.4, 0.5) is 0 Å². The highest BCUT2D eigenvalue weighted by molar-refractivity contribution is 5.86. The molecule has 0 aliphatic carbocycles. The number of carbonyl (C=O) groups is 1. The van der Waals surface area contributed by atoms with Gasteiger partial charge in [-0.25, -0.2) is 0 Å². The Kier molecular flexibility index (Phi) is 7.70. The van der Waals surface area contributed by atoms with Crippen LogP contribution in [-0.2, 0) is 17.9 Å². The molecule has 3 aromatic rings. The van der Waals surface area contributed by atoms with Crippen molar-refractivity contribution >= 4 is 16.7 Å². The van der Waals surface area contributed by atoms with Gasteiger partial charge in [-0.3, -0.25) is 9.69 Å². The van der Waals surface area contributed by atoms with Crippen LogP contribution in [0.25, 0.3) is 10.8 Å². The zero-order chi connectivity index (χ0) is 24.1. The fourth-order valence-corrected chi connectivity index (χ4v) is 4.78. The minimum absolute atomic E-state index is 0.0987. The summed E-state index contributed by atoms with van der Waals surface area (Å²) in [7, 11) is 3.32. The van der Waals surface area contributed by atoms with Gasteiger partial charge < -0.3 is 20.1 Å². The first-order chi connectivity index (χ1) is 16.5. The fourth-order valence-electron chi connectivity index (χ4n) is 4.78. The second-order valence-electron chi connectivity index (χ2n) is 9.24. The smallest absolute Gasteiger partial charge is 0.237 e. The summed E-state index contributed by atoms with van der Waals surface area (Å²) in [6.45, 7) is 6.22. The number of amides is 1. The van der Waals surface area contributed by atoms with Crippen LogP contribution in [0.1, 0.15) is 31.4 Å². The Bertz CT molecular complexity index is 1130. The number of benzene rings is 3. The average Bonchev–Trinajstić information content (AvgIpc) is 3.25. The minimum atomic E-state index is -0.170. The quantitative estimate of drug-likeness (QED) is 0.502. The molecule has 0 bridgehead atoms. The summed E-state index contributed by atoms with van der Waals surface area (Å²) in [6, 6.07) is 20.9. The normalized spacial score (nSPS) is 18.4. The molecule has 6 nitrogen and oxygen atoms in total. The average molecular weight is 462 g/mol. The maximum absolute atomic E-state index is 13.1. The van der Waals surface area contributed by atoms with Gasteiger partial charge in [0, 0.05) is 43.3 Å². The second kappa shape index (κ2) is 10.9. The number of nitrogens with one attached hydrogen (secondary N) is 2. The predicted octanol–water partition coefficient (Wildman–Crippen LogP) is 4.11. The lowest BCUT2D eigenvalue weighted by Gasteiger charge is -2.25. The summed E-state index contributed by atoms with van der Waals surface area (Å²) in [6.07, 6.45) is 0.766. The van der Waals surface area contributed by atoms with E-state index in [1.165, 1.54) is 16.3 Å². The molecule has 1 heterocycles. The highest BCUT2D eigenvalue weighted by Crippen LogP contribution is 2.27. The molecule has 0 radical (unpaired) electrons. The van der Waals surface area contributed by atoms with Gasteiger partial charge in [0.1, 0.15) is 11.5 Å². The van der Waals surface area contributed by atoms with Crippen molar-refractivity contribution in [2.24, 2.45) is 0 Å². The molecule has 0 saturated carbocycles. The zero-order valence-corrected chi connectivity index (χ0v) is 20.5. The number of nitrogens with zero attached hydrogens (tertiary/aromatic N) is 1. The summed E-state index contributed by atoms with van der Waals surface area (Å²) in [4.78, 5) is 15.4. The Morgan fingerprint density at radius 2 is 1.82 bits per heavy atom. The summed E-state index contributed by atoms with van der Waals surface area (Å²) in [5.74, 6) is 1.67. The molecule has 0 spiro atoms. The number of hydrogen-bond acceptors (Lipinski definition) is 5. The third kappa shape index (κ3) is 5.51. The van der Waals surface area contributed by atoms with E-state index in [9.17, 15) is 4.79 Å². The molecular weight excluding hydrogens is 426 g/mol. The Labute approximate surface area is 202 Å². The van der Waals surface area contributed by atoms with E-state index < -0.39 is 0 Å². The van der Waals surface area contributed by atoms with Crippen molar-refractivity contribution < 1.29 is 14.3 Å². The summed E-state index contributed by atoms with van der Waals surface area (Å²) in [5, 5.41) is 9.25. The third-order valence-corrected chi connectivity index (χ3v) is 6.47. The van der Waals surface area contributed by atoms with E-state index in [1.54, 1.807) is 14.2 Å². The van der Waals surface area contributed by atoms with Crippen molar-refractivity contribution in [1.29, 1.82) is 0 Å². The van der Waals surface area contributed by atoms with E-state index in [0.29, 0.717) is 6.54 Å². The molecule has 1 saturated heterocycles. The molecule has 1 aliphatic heterocycles. The fraction of sp³-hybridized carbons (Fsp3) is 0.393. The first-order valence-electron chi connectivity index (χ1n) is 11.9. The molecule has 6 heteroatoms. The van der Waals surface area contributed by atoms with Gasteiger partial charge in [-0.05, 0) is 42.7 Å². The highest BCUT2D eigenvalue weighted by atomic mass is 16.5. The van der Waals surface area contributed by atoms with Crippen molar-refractivity contribution in [2.75, 3.05) is 20.8 Å². The SMILES string of the molecule is COc1ccc(CN[C@H]2C[C@@H](C(=O)NC(C)C)N(Cc3cccc4ccccc34)C2)c(OC)c1. The van der Waals surface area contributed by atoms with Crippen LogP contribution in [-0.4, -0.2) is 49.7 Å². The van der Waals surface area contributed by atoms with Gasteiger partial charge in [0.2, 0.25) is 5.91 Å².